The molecular weight excluding hydrogens is 495 g/mol. The first-order valence-electron chi connectivity index (χ1n) is 10.1. The van der Waals surface area contributed by atoms with Crippen molar-refractivity contribution in [3.8, 4) is 5.75 Å². The Bertz CT molecular complexity index is 763. The highest BCUT2D eigenvalue weighted by Gasteiger charge is 2.25. The number of hydrogen-bond donors (Lipinski definition) is 1. The molecule has 2 heterocycles. The average Bonchev–Trinajstić information content (AvgIpc) is 3.18. The van der Waals surface area contributed by atoms with Gasteiger partial charge in [0.1, 0.15) is 23.9 Å². The summed E-state index contributed by atoms with van der Waals surface area (Å²) in [6.45, 7) is 7.30. The van der Waals surface area contributed by atoms with Crippen LogP contribution in [0.15, 0.2) is 51.9 Å². The number of halogens is 1. The fraction of sp³-hybridized carbons (Fsp3) is 0.500. The summed E-state index contributed by atoms with van der Waals surface area (Å²) in [6.07, 6.45) is 0. The standard InChI is InChI=1S/C22H32N4O3.HI/c1-18-9-10-21(29-18)20(26-12-14-27-15-13-26)17-24-22(23-2)25(3)11-16-28-19-7-5-4-6-8-19;/h4-10,20H,11-17H2,1-3H3,(H,23,24);1H. The zero-order valence-electron chi connectivity index (χ0n) is 18.0. The summed E-state index contributed by atoms with van der Waals surface area (Å²) in [5.74, 6) is 3.62. The highest BCUT2D eigenvalue weighted by molar-refractivity contribution is 14.0. The molecule has 1 fully saturated rings. The minimum Gasteiger partial charge on any atom is -0.492 e. The van der Waals surface area contributed by atoms with E-state index in [1.54, 1.807) is 7.05 Å². The number of benzene rings is 1. The van der Waals surface area contributed by atoms with Crippen LogP contribution >= 0.6 is 24.0 Å². The highest BCUT2D eigenvalue weighted by Crippen LogP contribution is 2.23. The van der Waals surface area contributed by atoms with Crippen molar-refractivity contribution in [2.24, 2.45) is 4.99 Å². The number of aryl methyl sites for hydroxylation is 1. The van der Waals surface area contributed by atoms with Gasteiger partial charge in [0.2, 0.25) is 0 Å². The molecule has 1 N–H and O–H groups in total. The van der Waals surface area contributed by atoms with E-state index in [0.717, 1.165) is 56.1 Å². The number of hydrogen-bond acceptors (Lipinski definition) is 5. The zero-order chi connectivity index (χ0) is 20.5. The van der Waals surface area contributed by atoms with E-state index in [2.05, 4.69) is 26.2 Å². The molecule has 1 aliphatic heterocycles. The number of nitrogens with one attached hydrogen (secondary N) is 1. The molecular formula is C22H33IN4O3. The molecule has 0 radical (unpaired) electrons. The molecule has 1 aromatic heterocycles. The topological polar surface area (TPSA) is 62.5 Å². The predicted octanol–water partition coefficient (Wildman–Crippen LogP) is 3.17. The van der Waals surface area contributed by atoms with Crippen molar-refractivity contribution in [3.63, 3.8) is 0 Å². The van der Waals surface area contributed by atoms with E-state index in [1.165, 1.54) is 0 Å². The number of rotatable bonds is 8. The third-order valence-electron chi connectivity index (χ3n) is 5.04. The summed E-state index contributed by atoms with van der Waals surface area (Å²) in [5, 5.41) is 3.50. The Labute approximate surface area is 196 Å². The molecule has 0 bridgehead atoms. The van der Waals surface area contributed by atoms with E-state index in [4.69, 9.17) is 13.9 Å². The molecule has 30 heavy (non-hydrogen) atoms. The average molecular weight is 528 g/mol. The maximum Gasteiger partial charge on any atom is 0.193 e. The fourth-order valence-corrected chi connectivity index (χ4v) is 3.43. The molecule has 2 aromatic rings. The lowest BCUT2D eigenvalue weighted by molar-refractivity contribution is 0.0123. The van der Waals surface area contributed by atoms with E-state index in [-0.39, 0.29) is 30.0 Å². The summed E-state index contributed by atoms with van der Waals surface area (Å²) in [7, 11) is 3.82. The second kappa shape index (κ2) is 12.8. The van der Waals surface area contributed by atoms with Gasteiger partial charge in [-0.25, -0.2) is 0 Å². The van der Waals surface area contributed by atoms with E-state index in [9.17, 15) is 0 Å². The van der Waals surface area contributed by atoms with Crippen LogP contribution in [0.1, 0.15) is 17.6 Å². The van der Waals surface area contributed by atoms with Gasteiger partial charge < -0.3 is 24.1 Å². The van der Waals surface area contributed by atoms with Crippen LogP contribution in [0.25, 0.3) is 0 Å². The minimum absolute atomic E-state index is 0. The van der Waals surface area contributed by atoms with Gasteiger partial charge >= 0.3 is 0 Å². The Morgan fingerprint density at radius 2 is 1.93 bits per heavy atom. The van der Waals surface area contributed by atoms with Gasteiger partial charge in [0.05, 0.1) is 25.8 Å². The van der Waals surface area contributed by atoms with Gasteiger partial charge in [-0.05, 0) is 31.2 Å². The van der Waals surface area contributed by atoms with Crippen LogP contribution < -0.4 is 10.1 Å². The first kappa shape index (κ1) is 24.5. The summed E-state index contributed by atoms with van der Waals surface area (Å²) in [5.41, 5.74) is 0. The van der Waals surface area contributed by atoms with Crippen molar-refractivity contribution in [3.05, 3.63) is 54.0 Å². The van der Waals surface area contributed by atoms with E-state index in [0.29, 0.717) is 13.2 Å². The third kappa shape index (κ3) is 7.17. The van der Waals surface area contributed by atoms with E-state index in [1.807, 2.05) is 50.4 Å². The first-order chi connectivity index (χ1) is 14.2. The van der Waals surface area contributed by atoms with Crippen molar-refractivity contribution < 1.29 is 13.9 Å². The largest absolute Gasteiger partial charge is 0.492 e. The smallest absolute Gasteiger partial charge is 0.193 e. The SMILES string of the molecule is CN=C(NCC(c1ccc(C)o1)N1CCOCC1)N(C)CCOc1ccccc1.I. The van der Waals surface area contributed by atoms with Gasteiger partial charge in [-0.15, -0.1) is 24.0 Å². The number of guanidine groups is 1. The second-order valence-electron chi connectivity index (χ2n) is 7.12. The molecule has 0 saturated carbocycles. The Hall–Kier alpha value is -1.78. The molecule has 166 valence electrons. The number of likely N-dealkylation sites (N-methyl/N-ethyl adjacent to an activating group) is 1. The number of nitrogens with zero attached hydrogens (tertiary/aromatic N) is 3. The van der Waals surface area contributed by atoms with E-state index < -0.39 is 0 Å². The van der Waals surface area contributed by atoms with Crippen LogP contribution in [0, 0.1) is 6.92 Å². The van der Waals surface area contributed by atoms with Crippen LogP contribution in [0.5, 0.6) is 5.75 Å². The van der Waals surface area contributed by atoms with Crippen molar-refractivity contribution in [2.45, 2.75) is 13.0 Å². The maximum absolute atomic E-state index is 5.94. The van der Waals surface area contributed by atoms with Gasteiger partial charge in [0.15, 0.2) is 5.96 Å². The van der Waals surface area contributed by atoms with Crippen LogP contribution in [0.2, 0.25) is 0 Å². The van der Waals surface area contributed by atoms with Crippen molar-refractivity contribution in [1.82, 2.24) is 15.1 Å². The van der Waals surface area contributed by atoms with Gasteiger partial charge in [-0.2, -0.15) is 0 Å². The zero-order valence-corrected chi connectivity index (χ0v) is 20.4. The molecule has 1 unspecified atom stereocenters. The molecule has 3 rings (SSSR count). The molecule has 1 atom stereocenters. The highest BCUT2D eigenvalue weighted by atomic mass is 127. The Morgan fingerprint density at radius 1 is 1.20 bits per heavy atom. The van der Waals surface area contributed by atoms with Crippen LogP contribution in [0.3, 0.4) is 0 Å². The number of aliphatic imine (C=N–C) groups is 1. The van der Waals surface area contributed by atoms with Crippen molar-refractivity contribution >= 4 is 29.9 Å². The van der Waals surface area contributed by atoms with Crippen LogP contribution in [-0.2, 0) is 4.74 Å². The summed E-state index contributed by atoms with van der Waals surface area (Å²) in [6, 6.07) is 14.1. The number of para-hydroxylation sites is 1. The van der Waals surface area contributed by atoms with Gasteiger partial charge in [0.25, 0.3) is 0 Å². The lowest BCUT2D eigenvalue weighted by Crippen LogP contribution is -2.47. The molecule has 0 spiro atoms. The first-order valence-corrected chi connectivity index (χ1v) is 10.1. The quantitative estimate of drug-likeness (QED) is 0.323. The maximum atomic E-state index is 5.94. The van der Waals surface area contributed by atoms with Crippen molar-refractivity contribution in [2.75, 3.05) is 60.1 Å². The monoisotopic (exact) mass is 528 g/mol. The Balaban J connectivity index is 0.00000320. The van der Waals surface area contributed by atoms with Gasteiger partial charge in [-0.3, -0.25) is 9.89 Å². The molecule has 0 amide bonds. The van der Waals surface area contributed by atoms with E-state index >= 15 is 0 Å². The minimum atomic E-state index is 0. The van der Waals surface area contributed by atoms with Crippen LogP contribution in [-0.4, -0.2) is 75.9 Å². The third-order valence-corrected chi connectivity index (χ3v) is 5.04. The molecule has 8 heteroatoms. The number of furan rings is 1. The van der Waals surface area contributed by atoms with Crippen molar-refractivity contribution in [1.29, 1.82) is 0 Å². The summed E-state index contributed by atoms with van der Waals surface area (Å²) >= 11 is 0. The molecule has 1 aromatic carbocycles. The predicted molar refractivity (Wildman–Crippen MR) is 130 cm³/mol. The molecule has 7 nitrogen and oxygen atoms in total. The number of morpholine rings is 1. The molecule has 1 aliphatic rings. The number of ether oxygens (including phenoxy) is 2. The second-order valence-corrected chi connectivity index (χ2v) is 7.12. The summed E-state index contributed by atoms with van der Waals surface area (Å²) < 4.78 is 17.3. The Kier molecular flexibility index (Phi) is 10.5. The lowest BCUT2D eigenvalue weighted by Gasteiger charge is -2.34. The molecule has 0 aliphatic carbocycles. The molecule has 1 saturated heterocycles. The van der Waals surface area contributed by atoms with Gasteiger partial charge in [-0.1, -0.05) is 18.2 Å². The van der Waals surface area contributed by atoms with Crippen LogP contribution in [0.4, 0.5) is 0 Å². The normalized spacial score (nSPS) is 15.9. The summed E-state index contributed by atoms with van der Waals surface area (Å²) in [4.78, 5) is 8.91. The fourth-order valence-electron chi connectivity index (χ4n) is 3.43. The van der Waals surface area contributed by atoms with Gasteiger partial charge in [0, 0.05) is 33.7 Å². The lowest BCUT2D eigenvalue weighted by atomic mass is 10.1. The Morgan fingerprint density at radius 3 is 2.57 bits per heavy atom.